The van der Waals surface area contributed by atoms with E-state index in [1.54, 1.807) is 0 Å². The molecule has 6 nitrogen and oxygen atoms in total. The van der Waals surface area contributed by atoms with Crippen molar-refractivity contribution in [2.45, 2.75) is 32.9 Å². The third kappa shape index (κ3) is 8.39. The summed E-state index contributed by atoms with van der Waals surface area (Å²) in [4.78, 5) is 9.42. The van der Waals surface area contributed by atoms with E-state index in [9.17, 15) is 0 Å². The number of rotatable bonds is 7. The molecule has 0 aliphatic carbocycles. The van der Waals surface area contributed by atoms with Gasteiger partial charge in [0.15, 0.2) is 5.96 Å². The van der Waals surface area contributed by atoms with Crippen LogP contribution in [0.2, 0.25) is 0 Å². The van der Waals surface area contributed by atoms with Gasteiger partial charge in [-0.05, 0) is 36.4 Å². The number of nitrogens with one attached hydrogen (secondary N) is 2. The Labute approximate surface area is 193 Å². The molecule has 1 aromatic carbocycles. The summed E-state index contributed by atoms with van der Waals surface area (Å²) in [7, 11) is 1.85. The van der Waals surface area contributed by atoms with Gasteiger partial charge in [-0.1, -0.05) is 31.2 Å². The number of aliphatic imine (C=N–C) groups is 1. The van der Waals surface area contributed by atoms with E-state index in [1.165, 1.54) is 37.1 Å². The van der Waals surface area contributed by atoms with Gasteiger partial charge in [-0.25, -0.2) is 0 Å². The maximum Gasteiger partial charge on any atom is 0.191 e. The molecule has 0 spiro atoms. The number of halogens is 1. The van der Waals surface area contributed by atoms with Crippen LogP contribution in [0.4, 0.5) is 0 Å². The molecule has 29 heavy (non-hydrogen) atoms. The van der Waals surface area contributed by atoms with E-state index in [0.717, 1.165) is 64.4 Å². The van der Waals surface area contributed by atoms with Gasteiger partial charge in [0.25, 0.3) is 0 Å². The van der Waals surface area contributed by atoms with E-state index in [1.807, 2.05) is 7.05 Å². The second kappa shape index (κ2) is 13.4. The minimum Gasteiger partial charge on any atom is -0.379 e. The summed E-state index contributed by atoms with van der Waals surface area (Å²) in [5, 5.41) is 6.96. The Bertz CT molecular complexity index is 621. The van der Waals surface area contributed by atoms with E-state index in [-0.39, 0.29) is 24.0 Å². The molecule has 0 saturated carbocycles. The lowest BCUT2D eigenvalue weighted by Gasteiger charge is -2.30. The van der Waals surface area contributed by atoms with E-state index in [2.05, 4.69) is 56.6 Å². The van der Waals surface area contributed by atoms with Crippen molar-refractivity contribution in [2.75, 3.05) is 59.5 Å². The third-order valence-electron chi connectivity index (χ3n) is 5.75. The molecule has 2 aliphatic heterocycles. The molecule has 0 amide bonds. The number of hydrogen-bond donors (Lipinski definition) is 2. The van der Waals surface area contributed by atoms with Crippen molar-refractivity contribution in [1.82, 2.24) is 20.4 Å². The molecule has 0 bridgehead atoms. The third-order valence-corrected chi connectivity index (χ3v) is 5.75. The molecule has 7 heteroatoms. The molecule has 0 radical (unpaired) electrons. The van der Waals surface area contributed by atoms with Crippen LogP contribution in [0.5, 0.6) is 0 Å². The predicted octanol–water partition coefficient (Wildman–Crippen LogP) is 2.53. The Morgan fingerprint density at radius 1 is 1.10 bits per heavy atom. The van der Waals surface area contributed by atoms with Crippen LogP contribution < -0.4 is 10.6 Å². The van der Waals surface area contributed by atoms with Crippen LogP contribution in [0.15, 0.2) is 29.3 Å². The lowest BCUT2D eigenvalue weighted by Crippen LogP contribution is -2.43. The Morgan fingerprint density at radius 2 is 1.86 bits per heavy atom. The van der Waals surface area contributed by atoms with Crippen molar-refractivity contribution in [3.8, 4) is 0 Å². The molecular formula is C22H38IN5O. The average Bonchev–Trinajstić information content (AvgIpc) is 2.72. The lowest BCUT2D eigenvalue weighted by atomic mass is 10.0. The summed E-state index contributed by atoms with van der Waals surface area (Å²) in [6.07, 6.45) is 2.70. The number of morpholine rings is 1. The number of hydrogen-bond acceptors (Lipinski definition) is 4. The molecule has 2 saturated heterocycles. The summed E-state index contributed by atoms with van der Waals surface area (Å²) >= 11 is 0. The predicted molar refractivity (Wildman–Crippen MR) is 131 cm³/mol. The zero-order valence-corrected chi connectivity index (χ0v) is 20.4. The highest BCUT2D eigenvalue weighted by atomic mass is 127. The number of ether oxygens (including phenoxy) is 1. The van der Waals surface area contributed by atoms with Gasteiger partial charge in [0.2, 0.25) is 0 Å². The van der Waals surface area contributed by atoms with E-state index >= 15 is 0 Å². The first-order chi connectivity index (χ1) is 13.7. The molecule has 1 atom stereocenters. The standard InChI is InChI=1S/C22H37N5O.HI/c1-19-6-5-10-26(17-19)11-9-24-22(23-2)25-16-20-7-3-4-8-21(20)18-27-12-14-28-15-13-27;/h3-4,7-8,19H,5-6,9-18H2,1-2H3,(H2,23,24,25);1H. The van der Waals surface area contributed by atoms with Gasteiger partial charge in [0, 0.05) is 52.9 Å². The minimum atomic E-state index is 0. The number of nitrogens with zero attached hydrogens (tertiary/aromatic N) is 3. The lowest BCUT2D eigenvalue weighted by molar-refractivity contribution is 0.0341. The van der Waals surface area contributed by atoms with E-state index in [0.29, 0.717) is 0 Å². The minimum absolute atomic E-state index is 0. The summed E-state index contributed by atoms with van der Waals surface area (Å²) in [6.45, 7) is 12.3. The van der Waals surface area contributed by atoms with Crippen LogP contribution in [-0.2, 0) is 17.8 Å². The molecule has 2 fully saturated rings. The highest BCUT2D eigenvalue weighted by Gasteiger charge is 2.16. The van der Waals surface area contributed by atoms with Crippen LogP contribution in [0.3, 0.4) is 0 Å². The second-order valence-corrected chi connectivity index (χ2v) is 8.06. The Morgan fingerprint density at radius 3 is 2.59 bits per heavy atom. The first kappa shape index (κ1) is 24.4. The van der Waals surface area contributed by atoms with E-state index < -0.39 is 0 Å². The monoisotopic (exact) mass is 515 g/mol. The van der Waals surface area contributed by atoms with Gasteiger partial charge in [0.05, 0.1) is 13.2 Å². The summed E-state index contributed by atoms with van der Waals surface area (Å²) in [5.74, 6) is 1.71. The molecule has 164 valence electrons. The number of likely N-dealkylation sites (tertiary alicyclic amines) is 1. The highest BCUT2D eigenvalue weighted by Crippen LogP contribution is 2.15. The number of benzene rings is 1. The smallest absolute Gasteiger partial charge is 0.191 e. The van der Waals surface area contributed by atoms with Gasteiger partial charge in [-0.15, -0.1) is 24.0 Å². The highest BCUT2D eigenvalue weighted by molar-refractivity contribution is 14.0. The number of piperidine rings is 1. The van der Waals surface area contributed by atoms with E-state index in [4.69, 9.17) is 4.74 Å². The molecule has 2 heterocycles. The normalized spacial score (nSPS) is 21.4. The quantitative estimate of drug-likeness (QED) is 0.332. The molecule has 2 N–H and O–H groups in total. The largest absolute Gasteiger partial charge is 0.379 e. The second-order valence-electron chi connectivity index (χ2n) is 8.06. The maximum atomic E-state index is 5.47. The zero-order chi connectivity index (χ0) is 19.6. The van der Waals surface area contributed by atoms with Crippen LogP contribution in [-0.4, -0.2) is 75.3 Å². The van der Waals surface area contributed by atoms with Crippen molar-refractivity contribution in [1.29, 1.82) is 0 Å². The summed E-state index contributed by atoms with van der Waals surface area (Å²) in [5.41, 5.74) is 2.72. The molecule has 1 aromatic rings. The van der Waals surface area contributed by atoms with Crippen molar-refractivity contribution >= 4 is 29.9 Å². The molecule has 0 aromatic heterocycles. The van der Waals surface area contributed by atoms with Crippen LogP contribution in [0.1, 0.15) is 30.9 Å². The Hall–Kier alpha value is -0.900. The fourth-order valence-electron chi connectivity index (χ4n) is 4.11. The first-order valence-electron chi connectivity index (χ1n) is 10.8. The van der Waals surface area contributed by atoms with Gasteiger partial charge in [0.1, 0.15) is 0 Å². The number of guanidine groups is 1. The molecule has 2 aliphatic rings. The average molecular weight is 515 g/mol. The van der Waals surface area contributed by atoms with Gasteiger partial charge in [-0.3, -0.25) is 9.89 Å². The van der Waals surface area contributed by atoms with Gasteiger partial charge >= 0.3 is 0 Å². The first-order valence-corrected chi connectivity index (χ1v) is 10.8. The van der Waals surface area contributed by atoms with Crippen LogP contribution in [0, 0.1) is 5.92 Å². The van der Waals surface area contributed by atoms with Gasteiger partial charge < -0.3 is 20.3 Å². The Balaban J connectivity index is 0.00000300. The van der Waals surface area contributed by atoms with Crippen molar-refractivity contribution in [3.05, 3.63) is 35.4 Å². The maximum absolute atomic E-state index is 5.47. The SMILES string of the molecule is CN=C(NCCN1CCCC(C)C1)NCc1ccccc1CN1CCOCC1.I. The fraction of sp³-hybridized carbons (Fsp3) is 0.682. The fourth-order valence-corrected chi connectivity index (χ4v) is 4.11. The molecule has 1 unspecified atom stereocenters. The molecule has 3 rings (SSSR count). The Kier molecular flexibility index (Phi) is 11.3. The molecular weight excluding hydrogens is 477 g/mol. The summed E-state index contributed by atoms with van der Waals surface area (Å²) in [6, 6.07) is 8.70. The van der Waals surface area contributed by atoms with Gasteiger partial charge in [-0.2, -0.15) is 0 Å². The van der Waals surface area contributed by atoms with Crippen LogP contribution >= 0.6 is 24.0 Å². The zero-order valence-electron chi connectivity index (χ0n) is 18.0. The van der Waals surface area contributed by atoms with Crippen molar-refractivity contribution in [2.24, 2.45) is 10.9 Å². The van der Waals surface area contributed by atoms with Crippen molar-refractivity contribution in [3.63, 3.8) is 0 Å². The van der Waals surface area contributed by atoms with Crippen LogP contribution in [0.25, 0.3) is 0 Å². The van der Waals surface area contributed by atoms with Crippen molar-refractivity contribution < 1.29 is 4.74 Å². The topological polar surface area (TPSA) is 52.1 Å². The summed E-state index contributed by atoms with van der Waals surface area (Å²) < 4.78 is 5.47.